The molecule has 0 radical (unpaired) electrons. The normalized spacial score (nSPS) is 17.1. The zero-order valence-corrected chi connectivity index (χ0v) is 17.0. The van der Waals surface area contributed by atoms with Gasteiger partial charge in [-0.1, -0.05) is 29.8 Å². The molecule has 1 saturated heterocycles. The van der Waals surface area contributed by atoms with E-state index >= 15 is 0 Å². The maximum atomic E-state index is 12.9. The van der Waals surface area contributed by atoms with E-state index in [9.17, 15) is 4.79 Å². The van der Waals surface area contributed by atoms with E-state index in [0.29, 0.717) is 18.8 Å². The molecular formula is C20H21BrN2O2S. The predicted octanol–water partition coefficient (Wildman–Crippen LogP) is 4.73. The minimum Gasteiger partial charge on any atom is -0.376 e. The van der Waals surface area contributed by atoms with Gasteiger partial charge in [0.15, 0.2) is 0 Å². The molecule has 0 saturated carbocycles. The van der Waals surface area contributed by atoms with Gasteiger partial charge in [-0.2, -0.15) is 0 Å². The van der Waals surface area contributed by atoms with Gasteiger partial charge in [0.25, 0.3) is 5.91 Å². The van der Waals surface area contributed by atoms with Crippen molar-refractivity contribution in [2.45, 2.75) is 32.4 Å². The van der Waals surface area contributed by atoms with Gasteiger partial charge < -0.3 is 14.6 Å². The molecule has 3 heterocycles. The van der Waals surface area contributed by atoms with Gasteiger partial charge in [-0.3, -0.25) is 4.79 Å². The van der Waals surface area contributed by atoms with Gasteiger partial charge in [-0.25, -0.2) is 0 Å². The quantitative estimate of drug-likeness (QED) is 0.632. The summed E-state index contributed by atoms with van der Waals surface area (Å²) in [5.41, 5.74) is 4.19. The van der Waals surface area contributed by atoms with Crippen molar-refractivity contribution in [3.63, 3.8) is 0 Å². The number of carbonyl (C=O) groups excluding carboxylic acids is 1. The van der Waals surface area contributed by atoms with Gasteiger partial charge in [0.2, 0.25) is 0 Å². The smallest absolute Gasteiger partial charge is 0.268 e. The van der Waals surface area contributed by atoms with Gasteiger partial charge in [0.05, 0.1) is 20.8 Å². The number of amides is 1. The fourth-order valence-electron chi connectivity index (χ4n) is 3.48. The van der Waals surface area contributed by atoms with E-state index in [4.69, 9.17) is 4.74 Å². The summed E-state index contributed by atoms with van der Waals surface area (Å²) in [6.07, 6.45) is 2.24. The van der Waals surface area contributed by atoms with Crippen LogP contribution in [0.3, 0.4) is 0 Å². The zero-order valence-electron chi connectivity index (χ0n) is 14.6. The van der Waals surface area contributed by atoms with Crippen LogP contribution >= 0.6 is 27.3 Å². The molecule has 4 rings (SSSR count). The second kappa shape index (κ2) is 7.55. The third-order valence-electron chi connectivity index (χ3n) is 4.75. The maximum Gasteiger partial charge on any atom is 0.268 e. The van der Waals surface area contributed by atoms with Crippen LogP contribution in [0.25, 0.3) is 10.2 Å². The van der Waals surface area contributed by atoms with E-state index in [1.165, 1.54) is 11.1 Å². The fraction of sp³-hybridized carbons (Fsp3) is 0.350. The minimum absolute atomic E-state index is 0.0385. The topological polar surface area (TPSA) is 43.3 Å². The van der Waals surface area contributed by atoms with Gasteiger partial charge >= 0.3 is 0 Å². The Hall–Kier alpha value is -1.63. The van der Waals surface area contributed by atoms with Crippen LogP contribution in [0, 0.1) is 6.92 Å². The monoisotopic (exact) mass is 432 g/mol. The first-order chi connectivity index (χ1) is 12.6. The molecule has 0 unspecified atom stereocenters. The summed E-state index contributed by atoms with van der Waals surface area (Å²) in [5, 5.41) is 5.13. The number of hydrogen-bond donors (Lipinski definition) is 1. The highest BCUT2D eigenvalue weighted by molar-refractivity contribution is 9.10. The van der Waals surface area contributed by atoms with Crippen LogP contribution in [0.1, 0.15) is 34.5 Å². The molecule has 3 aromatic rings. The highest BCUT2D eigenvalue weighted by Gasteiger charge is 2.21. The number of ether oxygens (including phenoxy) is 1. The highest BCUT2D eigenvalue weighted by atomic mass is 79.9. The number of nitrogens with one attached hydrogen (secondary N) is 1. The van der Waals surface area contributed by atoms with Crippen LogP contribution in [-0.2, 0) is 11.3 Å². The number of fused-ring (bicyclic) bond motifs is 1. The lowest BCUT2D eigenvalue weighted by Gasteiger charge is -2.14. The largest absolute Gasteiger partial charge is 0.376 e. The Morgan fingerprint density at radius 1 is 1.42 bits per heavy atom. The summed E-state index contributed by atoms with van der Waals surface area (Å²) < 4.78 is 9.87. The first kappa shape index (κ1) is 17.8. The molecule has 1 aromatic carbocycles. The van der Waals surface area contributed by atoms with Crippen LogP contribution < -0.4 is 5.32 Å². The maximum absolute atomic E-state index is 12.9. The van der Waals surface area contributed by atoms with Crippen LogP contribution in [0.5, 0.6) is 0 Å². The lowest BCUT2D eigenvalue weighted by Crippen LogP contribution is -2.33. The van der Waals surface area contributed by atoms with Gasteiger partial charge in [0, 0.05) is 25.1 Å². The first-order valence-electron chi connectivity index (χ1n) is 8.83. The third kappa shape index (κ3) is 3.59. The van der Waals surface area contributed by atoms with E-state index in [1.54, 1.807) is 11.3 Å². The number of rotatable bonds is 5. The van der Waals surface area contributed by atoms with Crippen LogP contribution in [0.2, 0.25) is 0 Å². The number of aromatic nitrogens is 1. The Morgan fingerprint density at radius 2 is 2.31 bits per heavy atom. The molecule has 1 fully saturated rings. The fourth-order valence-corrected chi connectivity index (χ4v) is 5.17. The number of nitrogens with zero attached hydrogens (tertiary/aromatic N) is 1. The second-order valence-corrected chi connectivity index (χ2v) is 8.51. The average molecular weight is 433 g/mol. The molecule has 0 aliphatic carbocycles. The Morgan fingerprint density at radius 3 is 3.08 bits per heavy atom. The molecule has 1 atom stereocenters. The van der Waals surface area contributed by atoms with Crippen molar-refractivity contribution in [3.05, 3.63) is 57.0 Å². The summed E-state index contributed by atoms with van der Waals surface area (Å²) >= 11 is 5.29. The first-order valence-corrected chi connectivity index (χ1v) is 10.5. The van der Waals surface area contributed by atoms with E-state index in [-0.39, 0.29) is 12.0 Å². The van der Waals surface area contributed by atoms with Crippen molar-refractivity contribution in [2.75, 3.05) is 13.2 Å². The van der Waals surface area contributed by atoms with Crippen molar-refractivity contribution >= 4 is 43.4 Å². The van der Waals surface area contributed by atoms with E-state index in [0.717, 1.165) is 34.1 Å². The predicted molar refractivity (Wildman–Crippen MR) is 109 cm³/mol. The van der Waals surface area contributed by atoms with Gasteiger partial charge in [0.1, 0.15) is 5.69 Å². The summed E-state index contributed by atoms with van der Waals surface area (Å²) in [5.74, 6) is -0.0385. The molecule has 6 heteroatoms. The number of halogens is 1. The molecule has 1 N–H and O–H groups in total. The van der Waals surface area contributed by atoms with Crippen molar-refractivity contribution in [3.8, 4) is 0 Å². The second-order valence-electron chi connectivity index (χ2n) is 6.75. The molecule has 1 aliphatic rings. The van der Waals surface area contributed by atoms with Crippen molar-refractivity contribution in [1.29, 1.82) is 0 Å². The Kier molecular flexibility index (Phi) is 5.16. The van der Waals surface area contributed by atoms with Gasteiger partial charge in [-0.15, -0.1) is 11.3 Å². The average Bonchev–Trinajstić information content (AvgIpc) is 3.33. The number of hydrogen-bond acceptors (Lipinski definition) is 3. The molecule has 2 aromatic heterocycles. The lowest BCUT2D eigenvalue weighted by molar-refractivity contribution is 0.0851. The van der Waals surface area contributed by atoms with Crippen molar-refractivity contribution < 1.29 is 9.53 Å². The van der Waals surface area contributed by atoms with Gasteiger partial charge in [-0.05, 0) is 47.3 Å². The number of thiophene rings is 1. The number of aryl methyl sites for hydroxylation is 1. The van der Waals surface area contributed by atoms with Crippen LogP contribution in [0.15, 0.2) is 40.2 Å². The molecule has 4 nitrogen and oxygen atoms in total. The lowest BCUT2D eigenvalue weighted by atomic mass is 10.1. The molecule has 1 amide bonds. The third-order valence-corrected chi connectivity index (χ3v) is 6.57. The highest BCUT2D eigenvalue weighted by Crippen LogP contribution is 2.34. The van der Waals surface area contributed by atoms with Crippen molar-refractivity contribution in [2.24, 2.45) is 0 Å². The molecule has 0 bridgehead atoms. The molecule has 1 aliphatic heterocycles. The molecule has 0 spiro atoms. The number of benzene rings is 1. The van der Waals surface area contributed by atoms with E-state index < -0.39 is 0 Å². The Balaban J connectivity index is 1.64. The SMILES string of the molecule is Cc1cccc(Cn2c(C(=O)NC[C@H]3CCCO3)cc3scc(Br)c32)c1. The zero-order chi connectivity index (χ0) is 18.1. The minimum atomic E-state index is -0.0385. The summed E-state index contributed by atoms with van der Waals surface area (Å²) in [6, 6.07) is 10.4. The molecule has 136 valence electrons. The molecule has 26 heavy (non-hydrogen) atoms. The summed E-state index contributed by atoms with van der Waals surface area (Å²) in [4.78, 5) is 12.9. The standard InChI is InChI=1S/C20H21BrN2O2S/c1-13-4-2-5-14(8-13)11-23-17(9-18-19(23)16(21)12-26-18)20(24)22-10-15-6-3-7-25-15/h2,4-5,8-9,12,15H,3,6-7,10-11H2,1H3,(H,22,24)/t15-/m1/s1. The van der Waals surface area contributed by atoms with Crippen molar-refractivity contribution in [1.82, 2.24) is 9.88 Å². The van der Waals surface area contributed by atoms with Crippen LogP contribution in [0.4, 0.5) is 0 Å². The Bertz CT molecular complexity index is 941. The Labute approximate surface area is 165 Å². The summed E-state index contributed by atoms with van der Waals surface area (Å²) in [6.45, 7) is 4.13. The summed E-state index contributed by atoms with van der Waals surface area (Å²) in [7, 11) is 0. The van der Waals surface area contributed by atoms with E-state index in [1.807, 2.05) is 6.07 Å². The van der Waals surface area contributed by atoms with Crippen LogP contribution in [-0.4, -0.2) is 29.7 Å². The number of carbonyl (C=O) groups is 1. The molecular weight excluding hydrogens is 412 g/mol. The van der Waals surface area contributed by atoms with E-state index in [2.05, 4.69) is 62.4 Å².